The molecule has 4 rings (SSSR count). The first kappa shape index (κ1) is 18.8. The van der Waals surface area contributed by atoms with Crippen molar-refractivity contribution in [2.24, 2.45) is 0 Å². The van der Waals surface area contributed by atoms with E-state index in [1.807, 2.05) is 5.38 Å². The highest BCUT2D eigenvalue weighted by Crippen LogP contribution is 2.29. The third-order valence-electron chi connectivity index (χ3n) is 4.32. The van der Waals surface area contributed by atoms with Crippen molar-refractivity contribution >= 4 is 34.1 Å². The highest BCUT2D eigenvalue weighted by Gasteiger charge is 2.16. The van der Waals surface area contributed by atoms with Crippen LogP contribution < -0.4 is 10.1 Å². The van der Waals surface area contributed by atoms with Crippen molar-refractivity contribution < 1.29 is 14.3 Å². The molecule has 1 amide bonds. The van der Waals surface area contributed by atoms with Crippen molar-refractivity contribution in [3.63, 3.8) is 0 Å². The lowest BCUT2D eigenvalue weighted by molar-refractivity contribution is -0.131. The highest BCUT2D eigenvalue weighted by molar-refractivity contribution is 7.15. The Bertz CT molecular complexity index is 1240. The molecule has 2 heterocycles. The number of aryl methyl sites for hydroxylation is 2. The maximum Gasteiger partial charge on any atom is 0.308 e. The number of amides is 1. The van der Waals surface area contributed by atoms with E-state index in [1.165, 1.54) is 29.9 Å². The average molecular weight is 406 g/mol. The van der Waals surface area contributed by atoms with E-state index in [4.69, 9.17) is 4.74 Å². The monoisotopic (exact) mass is 406 g/mol. The van der Waals surface area contributed by atoms with Crippen molar-refractivity contribution in [3.8, 4) is 17.0 Å². The number of benzene rings is 2. The van der Waals surface area contributed by atoms with Crippen LogP contribution in [-0.2, 0) is 4.79 Å². The number of fused-ring (bicyclic) bond motifs is 1. The fourth-order valence-corrected chi connectivity index (χ4v) is 3.88. The number of carbonyl (C=O) groups is 2. The fourth-order valence-electron chi connectivity index (χ4n) is 3.06. The normalized spacial score (nSPS) is 10.9. The number of aromatic nitrogens is 3. The van der Waals surface area contributed by atoms with Gasteiger partial charge in [0.1, 0.15) is 5.75 Å². The summed E-state index contributed by atoms with van der Waals surface area (Å²) in [6.07, 6.45) is 0. The number of rotatable bonds is 4. The zero-order valence-electron chi connectivity index (χ0n) is 16.1. The second-order valence-electron chi connectivity index (χ2n) is 6.64. The molecular formula is C21H18N4O3S. The predicted molar refractivity (Wildman–Crippen MR) is 111 cm³/mol. The number of anilines is 1. The lowest BCUT2D eigenvalue weighted by atomic mass is 10.0. The van der Waals surface area contributed by atoms with Crippen LogP contribution in [-0.4, -0.2) is 26.5 Å². The molecule has 0 spiro atoms. The Kier molecular flexibility index (Phi) is 4.85. The molecule has 29 heavy (non-hydrogen) atoms. The summed E-state index contributed by atoms with van der Waals surface area (Å²) in [7, 11) is 0. The highest BCUT2D eigenvalue weighted by atomic mass is 32.1. The van der Waals surface area contributed by atoms with Gasteiger partial charge in [-0.05, 0) is 37.6 Å². The van der Waals surface area contributed by atoms with Gasteiger partial charge in [0.15, 0.2) is 0 Å². The standard InChI is InChI=1S/C21H18N4O3S/c1-12-7-8-17(13(2)9-12)18-11-29-21-23-20(24-25(18)21)22-19(27)15-5-4-6-16(10-15)28-14(3)26/h4-11H,1-3H3,(H,22,24,27). The number of ether oxygens (including phenoxy) is 1. The summed E-state index contributed by atoms with van der Waals surface area (Å²) in [5, 5.41) is 9.15. The molecule has 0 bridgehead atoms. The molecule has 2 aromatic carbocycles. The quantitative estimate of drug-likeness (QED) is 0.404. The van der Waals surface area contributed by atoms with Gasteiger partial charge >= 0.3 is 5.97 Å². The van der Waals surface area contributed by atoms with Gasteiger partial charge in [-0.2, -0.15) is 4.98 Å². The van der Waals surface area contributed by atoms with Crippen molar-refractivity contribution in [1.29, 1.82) is 0 Å². The van der Waals surface area contributed by atoms with E-state index in [1.54, 1.807) is 22.7 Å². The summed E-state index contributed by atoms with van der Waals surface area (Å²) in [6.45, 7) is 5.42. The second kappa shape index (κ2) is 7.48. The Labute approximate surface area is 171 Å². The molecule has 0 aliphatic carbocycles. The molecule has 0 aliphatic heterocycles. The number of carbonyl (C=O) groups excluding carboxylic acids is 2. The zero-order chi connectivity index (χ0) is 20.5. The lowest BCUT2D eigenvalue weighted by Gasteiger charge is -2.05. The van der Waals surface area contributed by atoms with Crippen LogP contribution in [0.25, 0.3) is 16.2 Å². The molecule has 0 unspecified atom stereocenters. The molecule has 4 aromatic rings. The first-order chi connectivity index (χ1) is 13.9. The van der Waals surface area contributed by atoms with Gasteiger partial charge in [0, 0.05) is 23.4 Å². The summed E-state index contributed by atoms with van der Waals surface area (Å²) >= 11 is 1.46. The maximum atomic E-state index is 12.6. The minimum atomic E-state index is -0.447. The van der Waals surface area contributed by atoms with Crippen LogP contribution in [0.5, 0.6) is 5.75 Å². The summed E-state index contributed by atoms with van der Waals surface area (Å²) in [4.78, 5) is 28.7. The van der Waals surface area contributed by atoms with E-state index in [0.29, 0.717) is 16.3 Å². The van der Waals surface area contributed by atoms with Gasteiger partial charge in [-0.1, -0.05) is 29.8 Å². The topological polar surface area (TPSA) is 85.6 Å². The first-order valence-electron chi connectivity index (χ1n) is 8.92. The van der Waals surface area contributed by atoms with Crippen molar-refractivity contribution in [3.05, 3.63) is 64.5 Å². The number of nitrogens with zero attached hydrogens (tertiary/aromatic N) is 3. The molecular weight excluding hydrogens is 388 g/mol. The predicted octanol–water partition coefficient (Wildman–Crippen LogP) is 4.25. The number of hydrogen-bond acceptors (Lipinski definition) is 6. The van der Waals surface area contributed by atoms with Crippen LogP contribution in [0.2, 0.25) is 0 Å². The lowest BCUT2D eigenvalue weighted by Crippen LogP contribution is -2.13. The van der Waals surface area contributed by atoms with Crippen LogP contribution in [0, 0.1) is 13.8 Å². The summed E-state index contributed by atoms with van der Waals surface area (Å²) in [5.74, 6) is -0.311. The number of nitrogens with one attached hydrogen (secondary N) is 1. The Hall–Kier alpha value is -3.52. The average Bonchev–Trinajstić information content (AvgIpc) is 3.22. The van der Waals surface area contributed by atoms with Crippen LogP contribution >= 0.6 is 11.3 Å². The van der Waals surface area contributed by atoms with Gasteiger partial charge in [-0.25, -0.2) is 4.52 Å². The minimum absolute atomic E-state index is 0.214. The van der Waals surface area contributed by atoms with E-state index >= 15 is 0 Å². The van der Waals surface area contributed by atoms with E-state index < -0.39 is 5.97 Å². The SMILES string of the molecule is CC(=O)Oc1cccc(C(=O)Nc2nc3scc(-c4ccc(C)cc4C)n3n2)c1. The third-order valence-corrected chi connectivity index (χ3v) is 5.14. The molecule has 0 fully saturated rings. The van der Waals surface area contributed by atoms with Crippen LogP contribution in [0.1, 0.15) is 28.4 Å². The Morgan fingerprint density at radius 1 is 1.14 bits per heavy atom. The Morgan fingerprint density at radius 3 is 2.72 bits per heavy atom. The van der Waals surface area contributed by atoms with E-state index in [2.05, 4.69) is 47.4 Å². The molecule has 7 nitrogen and oxygen atoms in total. The van der Waals surface area contributed by atoms with Gasteiger partial charge in [-0.3, -0.25) is 14.9 Å². The van der Waals surface area contributed by atoms with E-state index in [-0.39, 0.29) is 11.9 Å². The molecule has 0 aliphatic rings. The molecule has 2 aromatic heterocycles. The molecule has 0 saturated heterocycles. The summed E-state index contributed by atoms with van der Waals surface area (Å²) < 4.78 is 6.75. The van der Waals surface area contributed by atoms with E-state index in [0.717, 1.165) is 16.8 Å². The molecule has 0 atom stereocenters. The number of hydrogen-bond donors (Lipinski definition) is 1. The van der Waals surface area contributed by atoms with Crippen molar-refractivity contribution in [2.75, 3.05) is 5.32 Å². The van der Waals surface area contributed by atoms with Crippen LogP contribution in [0.15, 0.2) is 47.8 Å². The van der Waals surface area contributed by atoms with Gasteiger partial charge in [0.2, 0.25) is 4.96 Å². The smallest absolute Gasteiger partial charge is 0.308 e. The Morgan fingerprint density at radius 2 is 1.97 bits per heavy atom. The van der Waals surface area contributed by atoms with Gasteiger partial charge in [0.25, 0.3) is 11.9 Å². The third kappa shape index (κ3) is 3.88. The summed E-state index contributed by atoms with van der Waals surface area (Å²) in [6, 6.07) is 12.6. The van der Waals surface area contributed by atoms with Crippen LogP contribution in [0.3, 0.4) is 0 Å². The van der Waals surface area contributed by atoms with Gasteiger partial charge in [-0.15, -0.1) is 16.4 Å². The van der Waals surface area contributed by atoms with Crippen molar-refractivity contribution in [2.45, 2.75) is 20.8 Å². The van der Waals surface area contributed by atoms with Gasteiger partial charge < -0.3 is 4.74 Å². The number of thiazole rings is 1. The molecule has 0 saturated carbocycles. The number of esters is 1. The molecule has 146 valence electrons. The van der Waals surface area contributed by atoms with Crippen molar-refractivity contribution in [1.82, 2.24) is 14.6 Å². The van der Waals surface area contributed by atoms with Gasteiger partial charge in [0.05, 0.1) is 5.69 Å². The molecule has 8 heteroatoms. The fraction of sp³-hybridized carbons (Fsp3) is 0.143. The molecule has 1 N–H and O–H groups in total. The van der Waals surface area contributed by atoms with E-state index in [9.17, 15) is 9.59 Å². The minimum Gasteiger partial charge on any atom is -0.427 e. The second-order valence-corrected chi connectivity index (χ2v) is 7.48. The summed E-state index contributed by atoms with van der Waals surface area (Å²) in [5.41, 5.74) is 4.68. The largest absolute Gasteiger partial charge is 0.427 e. The Balaban J connectivity index is 1.60. The van der Waals surface area contributed by atoms with Crippen LogP contribution in [0.4, 0.5) is 5.95 Å². The first-order valence-corrected chi connectivity index (χ1v) is 9.80. The molecule has 0 radical (unpaired) electrons. The zero-order valence-corrected chi connectivity index (χ0v) is 16.9. The maximum absolute atomic E-state index is 12.6.